The van der Waals surface area contributed by atoms with Crippen molar-refractivity contribution in [3.8, 4) is 0 Å². The zero-order chi connectivity index (χ0) is 6.91. The van der Waals surface area contributed by atoms with Gasteiger partial charge in [-0.05, 0) is 13.0 Å². The van der Waals surface area contributed by atoms with E-state index in [1.807, 2.05) is 0 Å². The Morgan fingerprint density at radius 3 is 2.30 bits per heavy atom. The molecule has 5 heteroatoms. The third kappa shape index (κ3) is 2.44. The van der Waals surface area contributed by atoms with Crippen molar-refractivity contribution >= 4 is 22.2 Å². The second kappa shape index (κ2) is 3.55. The largest absolute Gasteiger partial charge is 0.315 e. The second-order valence-electron chi connectivity index (χ2n) is 2.44. The van der Waals surface area contributed by atoms with Crippen LogP contribution in [-0.4, -0.2) is 33.0 Å². The first kappa shape index (κ1) is 10.2. The van der Waals surface area contributed by atoms with Gasteiger partial charge in [-0.2, -0.15) is 0 Å². The van der Waals surface area contributed by atoms with Crippen molar-refractivity contribution in [1.29, 1.82) is 0 Å². The van der Waals surface area contributed by atoms with E-state index in [-0.39, 0.29) is 17.7 Å². The summed E-state index contributed by atoms with van der Waals surface area (Å²) >= 11 is 0. The molecule has 0 aromatic rings. The molecule has 62 valence electrons. The van der Waals surface area contributed by atoms with Gasteiger partial charge in [0.1, 0.15) is 0 Å². The number of nitrogens with one attached hydrogen (secondary N) is 1. The first-order valence-electron chi connectivity index (χ1n) is 3.00. The van der Waals surface area contributed by atoms with Crippen LogP contribution in [0.25, 0.3) is 0 Å². The molecule has 1 atom stereocenters. The SMILES string of the molecule is CS(=O)(=O)[C@H]1CCNC1.Cl. The molecule has 10 heavy (non-hydrogen) atoms. The van der Waals surface area contributed by atoms with Crippen molar-refractivity contribution in [1.82, 2.24) is 5.32 Å². The van der Waals surface area contributed by atoms with Crippen LogP contribution in [0, 0.1) is 0 Å². The molecule has 0 radical (unpaired) electrons. The molecule has 1 N–H and O–H groups in total. The van der Waals surface area contributed by atoms with Crippen LogP contribution in [-0.2, 0) is 9.84 Å². The van der Waals surface area contributed by atoms with E-state index in [4.69, 9.17) is 0 Å². The molecule has 0 aliphatic carbocycles. The Balaban J connectivity index is 0.000000810. The molecule has 0 saturated carbocycles. The van der Waals surface area contributed by atoms with Gasteiger partial charge in [0.05, 0.1) is 5.25 Å². The maximum atomic E-state index is 10.8. The molecule has 1 aliphatic heterocycles. The lowest BCUT2D eigenvalue weighted by Crippen LogP contribution is -2.22. The van der Waals surface area contributed by atoms with Crippen molar-refractivity contribution in [2.75, 3.05) is 19.3 Å². The fourth-order valence-electron chi connectivity index (χ4n) is 0.994. The highest BCUT2D eigenvalue weighted by Crippen LogP contribution is 2.06. The Bertz CT molecular complexity index is 184. The molecule has 1 aliphatic rings. The normalized spacial score (nSPS) is 25.9. The van der Waals surface area contributed by atoms with E-state index < -0.39 is 9.84 Å². The average molecular weight is 186 g/mol. The van der Waals surface area contributed by atoms with Crippen molar-refractivity contribution in [2.24, 2.45) is 0 Å². The van der Waals surface area contributed by atoms with Gasteiger partial charge < -0.3 is 5.32 Å². The first-order valence-corrected chi connectivity index (χ1v) is 4.96. The van der Waals surface area contributed by atoms with E-state index in [9.17, 15) is 8.42 Å². The third-order valence-corrected chi connectivity index (χ3v) is 3.23. The van der Waals surface area contributed by atoms with Gasteiger partial charge in [-0.15, -0.1) is 12.4 Å². The van der Waals surface area contributed by atoms with Crippen molar-refractivity contribution < 1.29 is 8.42 Å². The van der Waals surface area contributed by atoms with Gasteiger partial charge in [0.15, 0.2) is 9.84 Å². The van der Waals surface area contributed by atoms with Gasteiger partial charge in [0.2, 0.25) is 0 Å². The highest BCUT2D eigenvalue weighted by Gasteiger charge is 2.23. The van der Waals surface area contributed by atoms with Crippen LogP contribution in [0.2, 0.25) is 0 Å². The maximum absolute atomic E-state index is 10.8. The fourth-order valence-corrected chi connectivity index (χ4v) is 1.96. The summed E-state index contributed by atoms with van der Waals surface area (Å²) < 4.78 is 21.6. The summed E-state index contributed by atoms with van der Waals surface area (Å²) in [5.41, 5.74) is 0. The van der Waals surface area contributed by atoms with E-state index in [2.05, 4.69) is 5.32 Å². The number of hydrogen-bond acceptors (Lipinski definition) is 3. The fraction of sp³-hybridized carbons (Fsp3) is 1.00. The average Bonchev–Trinajstić information content (AvgIpc) is 2.08. The lowest BCUT2D eigenvalue weighted by molar-refractivity contribution is 0.589. The van der Waals surface area contributed by atoms with E-state index in [0.29, 0.717) is 6.54 Å². The maximum Gasteiger partial charge on any atom is 0.151 e. The topological polar surface area (TPSA) is 46.2 Å². The summed E-state index contributed by atoms with van der Waals surface area (Å²) in [5.74, 6) is 0. The van der Waals surface area contributed by atoms with Crippen LogP contribution in [0.1, 0.15) is 6.42 Å². The summed E-state index contributed by atoms with van der Waals surface area (Å²) in [4.78, 5) is 0. The van der Waals surface area contributed by atoms with E-state index in [1.54, 1.807) is 0 Å². The number of sulfone groups is 1. The van der Waals surface area contributed by atoms with Gasteiger partial charge in [0.25, 0.3) is 0 Å². The molecule has 1 heterocycles. The molecule has 0 spiro atoms. The Labute approximate surface area is 67.5 Å². The minimum Gasteiger partial charge on any atom is -0.315 e. The van der Waals surface area contributed by atoms with Gasteiger partial charge in [-0.3, -0.25) is 0 Å². The quantitative estimate of drug-likeness (QED) is 0.617. The van der Waals surface area contributed by atoms with E-state index in [1.165, 1.54) is 6.26 Å². The summed E-state index contributed by atoms with van der Waals surface area (Å²) in [6.07, 6.45) is 2.07. The molecule has 0 aromatic carbocycles. The van der Waals surface area contributed by atoms with E-state index >= 15 is 0 Å². The molecule has 1 rings (SSSR count). The van der Waals surface area contributed by atoms with Gasteiger partial charge in [0, 0.05) is 12.8 Å². The summed E-state index contributed by atoms with van der Waals surface area (Å²) in [6.45, 7) is 1.48. The Morgan fingerprint density at radius 1 is 1.50 bits per heavy atom. The van der Waals surface area contributed by atoms with Crippen LogP contribution >= 0.6 is 12.4 Å². The number of halogens is 1. The molecule has 0 bridgehead atoms. The summed E-state index contributed by atoms with van der Waals surface area (Å²) in [6, 6.07) is 0. The highest BCUT2D eigenvalue weighted by molar-refractivity contribution is 7.91. The van der Waals surface area contributed by atoms with Gasteiger partial charge >= 0.3 is 0 Å². The van der Waals surface area contributed by atoms with Crippen LogP contribution in [0.4, 0.5) is 0 Å². The van der Waals surface area contributed by atoms with Crippen LogP contribution in [0.15, 0.2) is 0 Å². The molecule has 1 fully saturated rings. The summed E-state index contributed by atoms with van der Waals surface area (Å²) in [7, 11) is -2.77. The van der Waals surface area contributed by atoms with Crippen molar-refractivity contribution in [3.05, 3.63) is 0 Å². The number of hydrogen-bond donors (Lipinski definition) is 1. The molecule has 0 amide bonds. The van der Waals surface area contributed by atoms with Crippen LogP contribution in [0.3, 0.4) is 0 Å². The zero-order valence-electron chi connectivity index (χ0n) is 5.83. The Morgan fingerprint density at radius 2 is 2.10 bits per heavy atom. The lowest BCUT2D eigenvalue weighted by atomic mass is 10.4. The molecule has 1 saturated heterocycles. The predicted molar refractivity (Wildman–Crippen MR) is 43.4 cm³/mol. The molecule has 0 aromatic heterocycles. The van der Waals surface area contributed by atoms with Crippen molar-refractivity contribution in [2.45, 2.75) is 11.7 Å². The van der Waals surface area contributed by atoms with Crippen molar-refractivity contribution in [3.63, 3.8) is 0 Å². The standard InChI is InChI=1S/C5H11NO2S.ClH/c1-9(7,8)5-2-3-6-4-5;/h5-6H,2-4H2,1H3;1H/t5-;/m0./s1. The van der Waals surface area contributed by atoms with Gasteiger partial charge in [-0.1, -0.05) is 0 Å². The Kier molecular flexibility index (Phi) is 3.62. The molecular weight excluding hydrogens is 174 g/mol. The van der Waals surface area contributed by atoms with E-state index in [0.717, 1.165) is 13.0 Å². The lowest BCUT2D eigenvalue weighted by Gasteiger charge is -2.02. The Hall–Kier alpha value is 0.200. The zero-order valence-corrected chi connectivity index (χ0v) is 7.46. The molecule has 0 unspecified atom stereocenters. The van der Waals surface area contributed by atoms with Gasteiger partial charge in [-0.25, -0.2) is 8.42 Å². The third-order valence-electron chi connectivity index (χ3n) is 1.62. The minimum absolute atomic E-state index is 0. The predicted octanol–water partition coefficient (Wildman–Crippen LogP) is -0.185. The molecule has 3 nitrogen and oxygen atoms in total. The van der Waals surface area contributed by atoms with Crippen LogP contribution in [0.5, 0.6) is 0 Å². The van der Waals surface area contributed by atoms with Crippen LogP contribution < -0.4 is 5.32 Å². The minimum atomic E-state index is -2.77. The highest BCUT2D eigenvalue weighted by atomic mass is 35.5. The monoisotopic (exact) mass is 185 g/mol. The number of rotatable bonds is 1. The summed E-state index contributed by atoms with van der Waals surface area (Å²) in [5, 5.41) is 2.87. The smallest absolute Gasteiger partial charge is 0.151 e. The first-order chi connectivity index (χ1) is 4.11. The molecular formula is C5H12ClNO2S. The second-order valence-corrected chi connectivity index (χ2v) is 4.77.